The minimum atomic E-state index is -0.905. The van der Waals surface area contributed by atoms with Crippen molar-refractivity contribution in [3.63, 3.8) is 0 Å². The zero-order chi connectivity index (χ0) is 23.5. The largest absolute Gasteiger partial charge is 0.448 e. The number of piperazine rings is 1. The van der Waals surface area contributed by atoms with Gasteiger partial charge in [0.25, 0.3) is 5.91 Å². The fraction of sp³-hybridized carbons (Fsp3) is 0.417. The molecule has 1 aromatic carbocycles. The lowest BCUT2D eigenvalue weighted by atomic mass is 10.1. The number of hydrogen-bond acceptors (Lipinski definition) is 6. The zero-order valence-corrected chi connectivity index (χ0v) is 19.4. The normalized spacial score (nSPS) is 21.5. The van der Waals surface area contributed by atoms with Crippen LogP contribution >= 0.6 is 0 Å². The van der Waals surface area contributed by atoms with Gasteiger partial charge in [-0.05, 0) is 32.9 Å². The van der Waals surface area contributed by atoms with Crippen LogP contribution in [-0.4, -0.2) is 46.3 Å². The number of carbonyl (C=O) groups excluding carboxylic acids is 1. The Labute approximate surface area is 191 Å². The summed E-state index contributed by atoms with van der Waals surface area (Å²) in [6.07, 6.45) is 3.34. The summed E-state index contributed by atoms with van der Waals surface area (Å²) in [6.45, 7) is 11.3. The molecule has 0 aliphatic carbocycles. The molecular weight excluding hydrogens is 425 g/mol. The topological polar surface area (TPSA) is 80.1 Å². The molecule has 2 N–H and O–H groups in total. The summed E-state index contributed by atoms with van der Waals surface area (Å²) in [6, 6.07) is 5.53. The van der Waals surface area contributed by atoms with Crippen molar-refractivity contribution in [2.45, 2.75) is 52.5 Å². The molecule has 1 amide bonds. The molecule has 2 atom stereocenters. The maximum Gasteiger partial charge on any atom is 0.259 e. The lowest BCUT2D eigenvalue weighted by Gasteiger charge is -2.38. The highest BCUT2D eigenvalue weighted by atomic mass is 19.1. The first kappa shape index (κ1) is 21.5. The molecule has 2 aromatic heterocycles. The van der Waals surface area contributed by atoms with Gasteiger partial charge in [0.05, 0.1) is 22.6 Å². The molecule has 1 fully saturated rings. The van der Waals surface area contributed by atoms with Gasteiger partial charge in [-0.15, -0.1) is 0 Å². The molecule has 0 bridgehead atoms. The number of aromatic nitrogens is 2. The number of benzene rings is 1. The second-order valence-corrected chi connectivity index (χ2v) is 9.41. The van der Waals surface area contributed by atoms with Gasteiger partial charge in [-0.1, -0.05) is 0 Å². The highest BCUT2D eigenvalue weighted by molar-refractivity contribution is 6.07. The SMILES string of the molecule is Cc1cn2cc(NC(=O)c3ccc(N4CC(C)NC(C)C4)c4c3OC(C)(C)O4)cc(F)c2n1. The number of nitrogens with one attached hydrogen (secondary N) is 2. The van der Waals surface area contributed by atoms with Gasteiger partial charge in [-0.3, -0.25) is 4.79 Å². The number of nitrogens with zero attached hydrogens (tertiary/aromatic N) is 3. The molecule has 0 spiro atoms. The summed E-state index contributed by atoms with van der Waals surface area (Å²) >= 11 is 0. The number of carbonyl (C=O) groups is 1. The van der Waals surface area contributed by atoms with E-state index >= 15 is 0 Å². The van der Waals surface area contributed by atoms with Crippen LogP contribution in [0.5, 0.6) is 11.5 Å². The van der Waals surface area contributed by atoms with Gasteiger partial charge in [0.1, 0.15) is 0 Å². The molecule has 3 aromatic rings. The van der Waals surface area contributed by atoms with Crippen LogP contribution in [0.2, 0.25) is 0 Å². The Morgan fingerprint density at radius 3 is 2.61 bits per heavy atom. The number of amides is 1. The van der Waals surface area contributed by atoms with Gasteiger partial charge in [-0.25, -0.2) is 9.37 Å². The zero-order valence-electron chi connectivity index (χ0n) is 19.4. The van der Waals surface area contributed by atoms with Crippen LogP contribution in [0.25, 0.3) is 5.65 Å². The van der Waals surface area contributed by atoms with Crippen LogP contribution in [0.4, 0.5) is 15.8 Å². The predicted octanol–water partition coefficient (Wildman–Crippen LogP) is 3.73. The van der Waals surface area contributed by atoms with Gasteiger partial charge in [0.2, 0.25) is 5.79 Å². The lowest BCUT2D eigenvalue weighted by molar-refractivity contribution is -0.0431. The number of anilines is 2. The van der Waals surface area contributed by atoms with Crippen molar-refractivity contribution in [3.8, 4) is 11.5 Å². The standard InChI is InChI=1S/C24H28FN5O3/c1-13-9-29(10-14(2)26-13)19-7-6-17(20-21(19)33-24(4,5)32-20)23(31)28-16-8-18(25)22-27-15(3)11-30(22)12-16/h6-8,11-14,26H,9-10H2,1-5H3,(H,28,31). The maximum absolute atomic E-state index is 14.5. The third-order valence-electron chi connectivity index (χ3n) is 5.81. The smallest absolute Gasteiger partial charge is 0.259 e. The van der Waals surface area contributed by atoms with Crippen LogP contribution in [0.1, 0.15) is 43.7 Å². The number of rotatable bonds is 3. The van der Waals surface area contributed by atoms with Gasteiger partial charge in [0.15, 0.2) is 23.0 Å². The van der Waals surface area contributed by atoms with Crippen molar-refractivity contribution >= 4 is 22.9 Å². The summed E-state index contributed by atoms with van der Waals surface area (Å²) in [5.74, 6) is -0.867. The van der Waals surface area contributed by atoms with Crippen molar-refractivity contribution in [3.05, 3.63) is 47.7 Å². The minimum Gasteiger partial charge on any atom is -0.448 e. The minimum absolute atomic E-state index is 0.216. The van der Waals surface area contributed by atoms with E-state index in [9.17, 15) is 9.18 Å². The van der Waals surface area contributed by atoms with Crippen molar-refractivity contribution in [1.82, 2.24) is 14.7 Å². The molecule has 9 heteroatoms. The number of halogens is 1. The van der Waals surface area contributed by atoms with Gasteiger partial charge < -0.3 is 29.4 Å². The molecular formula is C24H28FN5O3. The molecule has 33 heavy (non-hydrogen) atoms. The predicted molar refractivity (Wildman–Crippen MR) is 124 cm³/mol. The van der Waals surface area contributed by atoms with Gasteiger partial charge in [0, 0.05) is 57.5 Å². The molecule has 8 nitrogen and oxygen atoms in total. The Hall–Kier alpha value is -3.33. The number of ether oxygens (including phenoxy) is 2. The van der Waals surface area contributed by atoms with Crippen LogP contribution in [0, 0.1) is 12.7 Å². The number of imidazole rings is 1. The Morgan fingerprint density at radius 2 is 1.88 bits per heavy atom. The highest BCUT2D eigenvalue weighted by Crippen LogP contribution is 2.48. The van der Waals surface area contributed by atoms with Crippen LogP contribution in [0.3, 0.4) is 0 Å². The number of pyridine rings is 1. The average molecular weight is 454 g/mol. The molecule has 174 valence electrons. The van der Waals surface area contributed by atoms with Gasteiger partial charge >= 0.3 is 0 Å². The Balaban J connectivity index is 1.49. The molecule has 2 aliphatic rings. The van der Waals surface area contributed by atoms with E-state index in [0.29, 0.717) is 40.5 Å². The van der Waals surface area contributed by atoms with E-state index in [1.165, 1.54) is 6.07 Å². The van der Waals surface area contributed by atoms with Crippen molar-refractivity contribution in [1.29, 1.82) is 0 Å². The van der Waals surface area contributed by atoms with Crippen molar-refractivity contribution < 1.29 is 18.7 Å². The third-order valence-corrected chi connectivity index (χ3v) is 5.81. The maximum atomic E-state index is 14.5. The Kier molecular flexibility index (Phi) is 4.97. The van der Waals surface area contributed by atoms with E-state index in [0.717, 1.165) is 18.8 Å². The lowest BCUT2D eigenvalue weighted by Crippen LogP contribution is -2.54. The van der Waals surface area contributed by atoms with Crippen LogP contribution < -0.4 is 25.0 Å². The van der Waals surface area contributed by atoms with E-state index in [2.05, 4.69) is 34.4 Å². The first-order valence-corrected chi connectivity index (χ1v) is 11.1. The fourth-order valence-electron chi connectivity index (χ4n) is 4.66. The summed E-state index contributed by atoms with van der Waals surface area (Å²) in [5.41, 5.74) is 2.46. The van der Waals surface area contributed by atoms with E-state index in [4.69, 9.17) is 9.47 Å². The molecule has 2 aliphatic heterocycles. The fourth-order valence-corrected chi connectivity index (χ4v) is 4.66. The quantitative estimate of drug-likeness (QED) is 0.629. The Morgan fingerprint density at radius 1 is 1.18 bits per heavy atom. The second-order valence-electron chi connectivity index (χ2n) is 9.41. The Bertz CT molecular complexity index is 1240. The average Bonchev–Trinajstić information content (AvgIpc) is 3.24. The molecule has 4 heterocycles. The number of aryl methyl sites for hydroxylation is 1. The summed E-state index contributed by atoms with van der Waals surface area (Å²) in [5, 5.41) is 6.31. The number of fused-ring (bicyclic) bond motifs is 2. The van der Waals surface area contributed by atoms with E-state index in [1.54, 1.807) is 29.8 Å². The highest BCUT2D eigenvalue weighted by Gasteiger charge is 2.39. The van der Waals surface area contributed by atoms with Crippen molar-refractivity contribution in [2.75, 3.05) is 23.3 Å². The van der Waals surface area contributed by atoms with Crippen LogP contribution in [0.15, 0.2) is 30.6 Å². The molecule has 0 radical (unpaired) electrons. The van der Waals surface area contributed by atoms with E-state index in [1.807, 2.05) is 19.9 Å². The van der Waals surface area contributed by atoms with E-state index in [-0.39, 0.29) is 5.65 Å². The van der Waals surface area contributed by atoms with E-state index < -0.39 is 17.5 Å². The first-order valence-electron chi connectivity index (χ1n) is 11.1. The summed E-state index contributed by atoms with van der Waals surface area (Å²) in [7, 11) is 0. The monoisotopic (exact) mass is 453 g/mol. The molecule has 0 saturated carbocycles. The third kappa shape index (κ3) is 3.97. The number of hydrogen-bond donors (Lipinski definition) is 2. The molecule has 5 rings (SSSR count). The van der Waals surface area contributed by atoms with Crippen molar-refractivity contribution in [2.24, 2.45) is 0 Å². The second kappa shape index (κ2) is 7.62. The molecule has 2 unspecified atom stereocenters. The first-order chi connectivity index (χ1) is 15.6. The van der Waals surface area contributed by atoms with Gasteiger partial charge in [-0.2, -0.15) is 0 Å². The molecule has 1 saturated heterocycles. The summed E-state index contributed by atoms with van der Waals surface area (Å²) in [4.78, 5) is 19.6. The van der Waals surface area contributed by atoms with Crippen LogP contribution in [-0.2, 0) is 0 Å². The summed E-state index contributed by atoms with van der Waals surface area (Å²) < 4.78 is 28.2.